The van der Waals surface area contributed by atoms with Crippen molar-refractivity contribution in [1.82, 2.24) is 9.97 Å². The highest BCUT2D eigenvalue weighted by atomic mass is 16.3. The van der Waals surface area contributed by atoms with E-state index >= 15 is 0 Å². The molecule has 0 fully saturated rings. The molecule has 0 atom stereocenters. The highest BCUT2D eigenvalue weighted by Crippen LogP contribution is 2.28. The Hall–Kier alpha value is -3.34. The number of aromatic amines is 1. The summed E-state index contributed by atoms with van der Waals surface area (Å²) in [5, 5.41) is 5.24. The molecule has 112 valence electrons. The van der Waals surface area contributed by atoms with Gasteiger partial charge in [0.1, 0.15) is 5.52 Å². The summed E-state index contributed by atoms with van der Waals surface area (Å²) in [6, 6.07) is 13.9. The molecule has 23 heavy (non-hydrogen) atoms. The van der Waals surface area contributed by atoms with Crippen molar-refractivity contribution in [3.05, 3.63) is 66.7 Å². The topological polar surface area (TPSA) is 66.2 Å². The van der Waals surface area contributed by atoms with Gasteiger partial charge >= 0.3 is 0 Å². The van der Waals surface area contributed by atoms with Gasteiger partial charge in [0.25, 0.3) is 0 Å². The highest BCUT2D eigenvalue weighted by molar-refractivity contribution is 5.98. The second-order valence-corrected chi connectivity index (χ2v) is 5.04. The quantitative estimate of drug-likeness (QED) is 0.505. The van der Waals surface area contributed by atoms with Gasteiger partial charge < -0.3 is 9.40 Å². The van der Waals surface area contributed by atoms with Gasteiger partial charge in [-0.3, -0.25) is 5.43 Å². The van der Waals surface area contributed by atoms with Crippen molar-refractivity contribution in [1.29, 1.82) is 0 Å². The fraction of sp³-hybridized carbons (Fsp3) is 0. The first-order valence-corrected chi connectivity index (χ1v) is 7.26. The van der Waals surface area contributed by atoms with Gasteiger partial charge in [-0.05, 0) is 30.3 Å². The molecule has 0 bridgehead atoms. The fourth-order valence-electron chi connectivity index (χ4n) is 2.51. The van der Waals surface area contributed by atoms with Gasteiger partial charge in [0.05, 0.1) is 5.69 Å². The Morgan fingerprint density at radius 2 is 1.96 bits per heavy atom. The molecule has 5 heteroatoms. The molecule has 0 aliphatic carbocycles. The van der Waals surface area contributed by atoms with Crippen LogP contribution in [0.1, 0.15) is 5.56 Å². The summed E-state index contributed by atoms with van der Waals surface area (Å²) in [5.74, 6) is 0. The van der Waals surface area contributed by atoms with Crippen molar-refractivity contribution in [3.63, 3.8) is 0 Å². The zero-order valence-corrected chi connectivity index (χ0v) is 12.2. The molecule has 3 heterocycles. The minimum atomic E-state index is 0.845. The van der Waals surface area contributed by atoms with E-state index in [0.717, 1.165) is 27.9 Å². The van der Waals surface area contributed by atoms with Crippen LogP contribution in [0.3, 0.4) is 0 Å². The van der Waals surface area contributed by atoms with Crippen molar-refractivity contribution in [3.8, 4) is 0 Å². The zero-order chi connectivity index (χ0) is 15.5. The number of fused-ring (bicyclic) bond motifs is 4. The number of nitrogens with one attached hydrogen (secondary N) is 2. The van der Waals surface area contributed by atoms with Gasteiger partial charge in [-0.2, -0.15) is 5.10 Å². The smallest absolute Gasteiger partial charge is 0.181 e. The Balaban J connectivity index is 0.000000130. The first-order chi connectivity index (χ1) is 11.4. The summed E-state index contributed by atoms with van der Waals surface area (Å²) in [6.45, 7) is 0. The van der Waals surface area contributed by atoms with Gasteiger partial charge in [-0.25, -0.2) is 4.98 Å². The van der Waals surface area contributed by atoms with E-state index in [1.54, 1.807) is 6.21 Å². The number of H-pyrrole nitrogens is 1. The summed E-state index contributed by atoms with van der Waals surface area (Å²) < 4.78 is 5.01. The molecule has 2 aromatic carbocycles. The van der Waals surface area contributed by atoms with E-state index in [0.29, 0.717) is 0 Å². The number of benzene rings is 2. The predicted molar refractivity (Wildman–Crippen MR) is 93.5 cm³/mol. The lowest BCUT2D eigenvalue weighted by Gasteiger charge is -2.05. The number of hydrogen-bond donors (Lipinski definition) is 2. The number of hydrogen-bond acceptors (Lipinski definition) is 4. The van der Waals surface area contributed by atoms with Crippen molar-refractivity contribution in [2.45, 2.75) is 0 Å². The van der Waals surface area contributed by atoms with Crippen molar-refractivity contribution in [2.24, 2.45) is 5.10 Å². The van der Waals surface area contributed by atoms with E-state index in [1.807, 2.05) is 42.6 Å². The number of nitrogens with zero attached hydrogens (tertiary/aromatic N) is 2. The standard InChI is InChI=1S/C11H9N3.C7H5NO/c1-2-8-3-4-10-9(5-7-12-10)11(8)14-13-6-1;1-2-4-7-6(3-1)8-5-9-7/h1-7,12,14H;1-5H. The normalized spacial score (nSPS) is 12.3. The number of rotatable bonds is 0. The fourth-order valence-corrected chi connectivity index (χ4v) is 2.51. The molecule has 5 rings (SSSR count). The zero-order valence-electron chi connectivity index (χ0n) is 12.2. The molecule has 0 amide bonds. The number of anilines is 1. The summed E-state index contributed by atoms with van der Waals surface area (Å²) in [4.78, 5) is 7.13. The molecule has 0 radical (unpaired) electrons. The molecule has 2 N–H and O–H groups in total. The largest absolute Gasteiger partial charge is 0.443 e. The molecule has 1 aliphatic heterocycles. The summed E-state index contributed by atoms with van der Waals surface area (Å²) in [6.07, 6.45) is 9.11. The van der Waals surface area contributed by atoms with Crippen LogP contribution in [0.15, 0.2) is 70.6 Å². The third kappa shape index (κ3) is 2.60. The summed E-state index contributed by atoms with van der Waals surface area (Å²) >= 11 is 0. The second kappa shape index (κ2) is 5.81. The van der Waals surface area contributed by atoms with Crippen molar-refractivity contribution < 1.29 is 4.42 Å². The van der Waals surface area contributed by atoms with Crippen LogP contribution in [0.4, 0.5) is 5.69 Å². The molecule has 1 aliphatic rings. The predicted octanol–water partition coefficient (Wildman–Crippen LogP) is 4.42. The lowest BCUT2D eigenvalue weighted by atomic mass is 10.1. The number of allylic oxidation sites excluding steroid dienone is 1. The Kier molecular flexibility index (Phi) is 3.37. The third-order valence-corrected chi connectivity index (χ3v) is 3.62. The highest BCUT2D eigenvalue weighted by Gasteiger charge is 2.06. The van der Waals surface area contributed by atoms with Crippen LogP contribution in [0, 0.1) is 0 Å². The van der Waals surface area contributed by atoms with Crippen LogP contribution in [-0.4, -0.2) is 16.2 Å². The van der Waals surface area contributed by atoms with E-state index in [9.17, 15) is 0 Å². The Morgan fingerprint density at radius 3 is 2.91 bits per heavy atom. The molecule has 0 unspecified atom stereocenters. The molecule has 5 nitrogen and oxygen atoms in total. The van der Waals surface area contributed by atoms with Gasteiger partial charge in [0.15, 0.2) is 12.0 Å². The minimum absolute atomic E-state index is 0.845. The van der Waals surface area contributed by atoms with E-state index in [4.69, 9.17) is 4.42 Å². The lowest BCUT2D eigenvalue weighted by Crippen LogP contribution is -1.90. The van der Waals surface area contributed by atoms with Crippen LogP contribution >= 0.6 is 0 Å². The maximum Gasteiger partial charge on any atom is 0.181 e. The molecule has 0 spiro atoms. The Labute approximate surface area is 132 Å². The molecule has 2 aromatic heterocycles. The van der Waals surface area contributed by atoms with E-state index < -0.39 is 0 Å². The molecular weight excluding hydrogens is 288 g/mol. The van der Waals surface area contributed by atoms with Crippen LogP contribution < -0.4 is 5.43 Å². The number of para-hydroxylation sites is 2. The molecule has 4 aromatic rings. The van der Waals surface area contributed by atoms with Gasteiger partial charge in [-0.1, -0.05) is 24.3 Å². The number of aromatic nitrogens is 2. The third-order valence-electron chi connectivity index (χ3n) is 3.62. The molecule has 0 saturated carbocycles. The molecule has 0 saturated heterocycles. The number of oxazole rings is 1. The summed E-state index contributed by atoms with van der Waals surface area (Å²) in [7, 11) is 0. The molecular formula is C18H14N4O. The minimum Gasteiger partial charge on any atom is -0.443 e. The Bertz CT molecular complexity index is 980. The van der Waals surface area contributed by atoms with E-state index in [1.165, 1.54) is 11.8 Å². The maximum absolute atomic E-state index is 5.01. The van der Waals surface area contributed by atoms with Gasteiger partial charge in [0, 0.05) is 28.9 Å². The van der Waals surface area contributed by atoms with Crippen molar-refractivity contribution >= 4 is 40.0 Å². The first-order valence-electron chi connectivity index (χ1n) is 7.26. The first kappa shape index (κ1) is 13.3. The number of hydrazone groups is 1. The lowest BCUT2D eigenvalue weighted by molar-refractivity contribution is 0.602. The average Bonchev–Trinajstić information content (AvgIpc) is 3.19. The Morgan fingerprint density at radius 1 is 1.00 bits per heavy atom. The second-order valence-electron chi connectivity index (χ2n) is 5.04. The summed E-state index contributed by atoms with van der Waals surface area (Å²) in [5.41, 5.74) is 8.15. The van der Waals surface area contributed by atoms with Crippen LogP contribution in [-0.2, 0) is 0 Å². The van der Waals surface area contributed by atoms with Crippen LogP contribution in [0.2, 0.25) is 0 Å². The monoisotopic (exact) mass is 302 g/mol. The maximum atomic E-state index is 5.01. The SMILES string of the molecule is C1=Cc2ccc3[nH]ccc3c2NN=C1.c1ccc2ocnc2c1. The van der Waals surface area contributed by atoms with E-state index in [-0.39, 0.29) is 0 Å². The average molecular weight is 302 g/mol. The van der Waals surface area contributed by atoms with Gasteiger partial charge in [0.2, 0.25) is 0 Å². The van der Waals surface area contributed by atoms with Crippen molar-refractivity contribution in [2.75, 3.05) is 5.43 Å². The van der Waals surface area contributed by atoms with Gasteiger partial charge in [-0.15, -0.1) is 0 Å². The van der Waals surface area contributed by atoms with Crippen LogP contribution in [0.25, 0.3) is 28.1 Å². The van der Waals surface area contributed by atoms with E-state index in [2.05, 4.69) is 38.7 Å². The van der Waals surface area contributed by atoms with Crippen LogP contribution in [0.5, 0.6) is 0 Å².